The fraction of sp³-hybridized carbons (Fsp3) is 0.286. The molecular weight excluding hydrogens is 359 g/mol. The molecule has 1 aromatic carbocycles. The number of likely N-dealkylation sites (tertiary alicyclic amines) is 1. The first-order chi connectivity index (χ1) is 13.3. The zero-order valence-electron chi connectivity index (χ0n) is 15.8. The van der Waals surface area contributed by atoms with Crippen molar-refractivity contribution in [2.24, 2.45) is 5.73 Å². The number of nitrogens with one attached hydrogen (secondary N) is 1. The number of halogens is 1. The average molecular weight is 384 g/mol. The maximum Gasteiger partial charge on any atom is 0.246 e. The molecule has 1 fully saturated rings. The number of aromatic hydroxyl groups is 1. The first-order valence-corrected chi connectivity index (χ1v) is 9.21. The number of nitrogens with zero attached hydrogens (tertiary/aromatic N) is 1. The Morgan fingerprint density at radius 3 is 2.89 bits per heavy atom. The number of phenols is 1. The number of hydrogen-bond acceptors (Lipinski definition) is 4. The van der Waals surface area contributed by atoms with Gasteiger partial charge in [-0.2, -0.15) is 0 Å². The number of aromatic amines is 1. The lowest BCUT2D eigenvalue weighted by molar-refractivity contribution is -0.129. The van der Waals surface area contributed by atoms with Crippen molar-refractivity contribution in [3.63, 3.8) is 0 Å². The highest BCUT2D eigenvalue weighted by atomic mass is 19.1. The number of rotatable bonds is 4. The summed E-state index contributed by atoms with van der Waals surface area (Å²) in [5.41, 5.74) is 15.1. The van der Waals surface area contributed by atoms with E-state index in [1.54, 1.807) is 11.0 Å². The second-order valence-electron chi connectivity index (χ2n) is 6.97. The van der Waals surface area contributed by atoms with E-state index in [2.05, 4.69) is 11.6 Å². The van der Waals surface area contributed by atoms with Crippen LogP contribution in [0.4, 0.5) is 10.2 Å². The molecule has 1 unspecified atom stereocenters. The van der Waals surface area contributed by atoms with Crippen molar-refractivity contribution >= 4 is 23.5 Å². The van der Waals surface area contributed by atoms with Gasteiger partial charge in [0.15, 0.2) is 11.6 Å². The Morgan fingerprint density at radius 1 is 1.43 bits per heavy atom. The zero-order chi connectivity index (χ0) is 20.4. The second kappa shape index (κ2) is 7.80. The fourth-order valence-corrected chi connectivity index (χ4v) is 3.77. The first kappa shape index (κ1) is 19.5. The summed E-state index contributed by atoms with van der Waals surface area (Å²) in [6, 6.07) is 4.06. The average Bonchev–Trinajstić information content (AvgIpc) is 2.97. The van der Waals surface area contributed by atoms with Crippen molar-refractivity contribution in [1.82, 2.24) is 9.88 Å². The number of H-pyrrole nitrogens is 1. The van der Waals surface area contributed by atoms with Gasteiger partial charge in [-0.05, 0) is 56.0 Å². The Kier molecular flexibility index (Phi) is 5.44. The predicted octanol–water partition coefficient (Wildman–Crippen LogP) is 3.45. The van der Waals surface area contributed by atoms with Crippen LogP contribution in [0.2, 0.25) is 0 Å². The van der Waals surface area contributed by atoms with Crippen LogP contribution >= 0.6 is 0 Å². The van der Waals surface area contributed by atoms with E-state index in [1.807, 2.05) is 6.92 Å². The molecule has 6 nitrogen and oxygen atoms in total. The molecule has 1 amide bonds. The van der Waals surface area contributed by atoms with Gasteiger partial charge in [0.1, 0.15) is 5.82 Å². The van der Waals surface area contributed by atoms with Gasteiger partial charge in [0.25, 0.3) is 0 Å². The van der Waals surface area contributed by atoms with Gasteiger partial charge in [-0.3, -0.25) is 4.79 Å². The molecule has 1 aromatic heterocycles. The molecule has 2 aromatic rings. The minimum absolute atomic E-state index is 0.112. The third kappa shape index (κ3) is 3.47. The van der Waals surface area contributed by atoms with Crippen LogP contribution in [0.5, 0.6) is 5.75 Å². The summed E-state index contributed by atoms with van der Waals surface area (Å²) in [7, 11) is 0. The summed E-state index contributed by atoms with van der Waals surface area (Å²) < 4.78 is 13.6. The lowest BCUT2D eigenvalue weighted by Crippen LogP contribution is -2.37. The van der Waals surface area contributed by atoms with Crippen molar-refractivity contribution < 1.29 is 14.3 Å². The van der Waals surface area contributed by atoms with Crippen LogP contribution in [0.3, 0.4) is 0 Å². The largest absolute Gasteiger partial charge is 0.504 e. The van der Waals surface area contributed by atoms with Crippen LogP contribution in [0.1, 0.15) is 47.7 Å². The van der Waals surface area contributed by atoms with E-state index < -0.39 is 11.6 Å². The van der Waals surface area contributed by atoms with Gasteiger partial charge in [-0.15, -0.1) is 0 Å². The van der Waals surface area contributed by atoms with Gasteiger partial charge < -0.3 is 26.5 Å². The monoisotopic (exact) mass is 384 g/mol. The number of benzene rings is 1. The smallest absolute Gasteiger partial charge is 0.246 e. The molecule has 148 valence electrons. The van der Waals surface area contributed by atoms with Crippen molar-refractivity contribution in [2.75, 3.05) is 12.3 Å². The highest BCUT2D eigenvalue weighted by Gasteiger charge is 2.30. The van der Waals surface area contributed by atoms with E-state index in [4.69, 9.17) is 11.5 Å². The Labute approximate surface area is 163 Å². The van der Waals surface area contributed by atoms with E-state index in [0.29, 0.717) is 17.9 Å². The molecule has 3 rings (SSSR count). The Balaban J connectivity index is 2.01. The van der Waals surface area contributed by atoms with Gasteiger partial charge in [-0.25, -0.2) is 4.39 Å². The number of aromatic nitrogens is 1. The Bertz CT molecular complexity index is 948. The maximum absolute atomic E-state index is 13.6. The molecule has 1 aliphatic heterocycles. The number of para-hydroxylation sites is 1. The quantitative estimate of drug-likeness (QED) is 0.606. The number of anilines is 1. The minimum atomic E-state index is -0.742. The van der Waals surface area contributed by atoms with Crippen LogP contribution in [-0.2, 0) is 4.79 Å². The molecule has 1 saturated heterocycles. The maximum atomic E-state index is 13.6. The zero-order valence-corrected chi connectivity index (χ0v) is 15.8. The molecular formula is C21H25FN4O2. The van der Waals surface area contributed by atoms with Crippen molar-refractivity contribution in [1.29, 1.82) is 0 Å². The highest BCUT2D eigenvalue weighted by molar-refractivity contribution is 5.88. The number of nitrogen functional groups attached to an aromatic ring is 1. The van der Waals surface area contributed by atoms with Crippen LogP contribution < -0.4 is 11.5 Å². The molecule has 0 bridgehead atoms. The third-order valence-electron chi connectivity index (χ3n) is 5.26. The minimum Gasteiger partial charge on any atom is -0.504 e. The standard InChI is InChI=1S/C21H25FN4O2/c1-3-18(27)26-10-5-4-9-17(26)19-12(2)14(21(24)25-19)11-16(23)13-7-6-8-15(22)20(13)28/h3,6-8,11,17,25,28H,1,4-5,9-10,23-24H2,2H3/b16-11-. The SMILES string of the molecule is C=CC(=O)N1CCCCC1c1[nH]c(N)c(/C=C(\N)c2cccc(F)c2O)c1C. The second-order valence-corrected chi connectivity index (χ2v) is 6.97. The topological polar surface area (TPSA) is 108 Å². The molecule has 1 atom stereocenters. The molecule has 0 spiro atoms. The summed E-state index contributed by atoms with van der Waals surface area (Å²) in [5.74, 6) is -0.950. The van der Waals surface area contributed by atoms with E-state index in [1.165, 1.54) is 18.2 Å². The Morgan fingerprint density at radius 2 is 2.18 bits per heavy atom. The third-order valence-corrected chi connectivity index (χ3v) is 5.26. The molecule has 0 saturated carbocycles. The number of amides is 1. The molecule has 1 aliphatic rings. The van der Waals surface area contributed by atoms with Crippen LogP contribution in [0, 0.1) is 12.7 Å². The highest BCUT2D eigenvalue weighted by Crippen LogP contribution is 2.36. The van der Waals surface area contributed by atoms with E-state index >= 15 is 0 Å². The summed E-state index contributed by atoms with van der Waals surface area (Å²) in [6.45, 7) is 6.16. The molecule has 2 heterocycles. The van der Waals surface area contributed by atoms with Crippen molar-refractivity contribution in [2.45, 2.75) is 32.2 Å². The number of phenolic OH excluding ortho intramolecular Hbond substituents is 1. The van der Waals surface area contributed by atoms with Gasteiger partial charge in [0.05, 0.1) is 6.04 Å². The molecule has 0 radical (unpaired) electrons. The normalized spacial score (nSPS) is 17.6. The Hall–Kier alpha value is -3.22. The van der Waals surface area contributed by atoms with E-state index in [9.17, 15) is 14.3 Å². The van der Waals surface area contributed by atoms with E-state index in [-0.39, 0.29) is 23.2 Å². The van der Waals surface area contributed by atoms with Gasteiger partial charge in [0.2, 0.25) is 5.91 Å². The summed E-state index contributed by atoms with van der Waals surface area (Å²) in [5, 5.41) is 9.93. The fourth-order valence-electron chi connectivity index (χ4n) is 3.77. The van der Waals surface area contributed by atoms with Crippen molar-refractivity contribution in [3.05, 3.63) is 59.1 Å². The van der Waals surface area contributed by atoms with E-state index in [0.717, 1.165) is 36.6 Å². The lowest BCUT2D eigenvalue weighted by Gasteiger charge is -2.35. The molecule has 28 heavy (non-hydrogen) atoms. The number of piperidine rings is 1. The summed E-state index contributed by atoms with van der Waals surface area (Å²) >= 11 is 0. The van der Waals surface area contributed by atoms with Gasteiger partial charge in [-0.1, -0.05) is 12.6 Å². The van der Waals surface area contributed by atoms with Gasteiger partial charge >= 0.3 is 0 Å². The number of hydrogen-bond donors (Lipinski definition) is 4. The number of nitrogens with two attached hydrogens (primary N) is 2. The lowest BCUT2D eigenvalue weighted by atomic mass is 9.96. The summed E-state index contributed by atoms with van der Waals surface area (Å²) in [6.07, 6.45) is 5.72. The van der Waals surface area contributed by atoms with Crippen LogP contribution in [0.25, 0.3) is 11.8 Å². The first-order valence-electron chi connectivity index (χ1n) is 9.21. The van der Waals surface area contributed by atoms with Crippen molar-refractivity contribution in [3.8, 4) is 5.75 Å². The van der Waals surface area contributed by atoms with Crippen LogP contribution in [-0.4, -0.2) is 27.4 Å². The molecule has 0 aliphatic carbocycles. The predicted molar refractivity (Wildman–Crippen MR) is 109 cm³/mol. The number of carbonyl (C=O) groups excluding carboxylic acids is 1. The van der Waals surface area contributed by atoms with Crippen LogP contribution in [0.15, 0.2) is 30.9 Å². The molecule has 7 heteroatoms. The summed E-state index contributed by atoms with van der Waals surface area (Å²) in [4.78, 5) is 17.2. The van der Waals surface area contributed by atoms with Gasteiger partial charge in [0, 0.05) is 29.1 Å². The molecule has 6 N–H and O–H groups in total. The number of carbonyl (C=O) groups is 1.